The molecule has 1 rings (SSSR count). The first kappa shape index (κ1) is 13.4. The first-order valence-electron chi connectivity index (χ1n) is 5.55. The Bertz CT molecular complexity index is 451. The Morgan fingerprint density at radius 1 is 1.47 bits per heavy atom. The van der Waals surface area contributed by atoms with Crippen molar-refractivity contribution in [3.05, 3.63) is 34.2 Å². The molecule has 0 saturated heterocycles. The first-order valence-corrected chi connectivity index (χ1v) is 5.55. The van der Waals surface area contributed by atoms with Gasteiger partial charge in [-0.25, -0.2) is 0 Å². The molecule has 0 radical (unpaired) electrons. The Balaban J connectivity index is 2.71. The first-order chi connectivity index (χ1) is 7.93. The van der Waals surface area contributed by atoms with Gasteiger partial charge in [-0.1, -0.05) is 19.9 Å². The van der Waals surface area contributed by atoms with Crippen LogP contribution in [0.1, 0.15) is 24.3 Å². The molecule has 1 aromatic rings. The van der Waals surface area contributed by atoms with Crippen LogP contribution in [0.4, 0.5) is 0 Å². The van der Waals surface area contributed by atoms with Crippen LogP contribution >= 0.6 is 0 Å². The molecule has 0 aliphatic heterocycles. The molecule has 0 saturated carbocycles. The van der Waals surface area contributed by atoms with Crippen LogP contribution in [0.2, 0.25) is 0 Å². The van der Waals surface area contributed by atoms with Crippen LogP contribution in [-0.2, 0) is 7.05 Å². The summed E-state index contributed by atoms with van der Waals surface area (Å²) in [6.45, 7) is 3.92. The van der Waals surface area contributed by atoms with Gasteiger partial charge in [-0.05, 0) is 12.0 Å². The van der Waals surface area contributed by atoms with E-state index in [0.717, 1.165) is 0 Å². The molecule has 1 aromatic heterocycles. The van der Waals surface area contributed by atoms with Gasteiger partial charge in [-0.2, -0.15) is 0 Å². The monoisotopic (exact) mass is 238 g/mol. The highest BCUT2D eigenvalue weighted by molar-refractivity contribution is 5.92. The van der Waals surface area contributed by atoms with Crippen molar-refractivity contribution in [1.82, 2.24) is 9.88 Å². The lowest BCUT2D eigenvalue weighted by molar-refractivity contribution is 0.0863. The normalized spacial score (nSPS) is 12.5. The molecular formula is C12H18N2O3. The van der Waals surface area contributed by atoms with E-state index in [4.69, 9.17) is 0 Å². The topological polar surface area (TPSA) is 71.3 Å². The van der Waals surface area contributed by atoms with Gasteiger partial charge in [0.05, 0.1) is 6.10 Å². The zero-order valence-corrected chi connectivity index (χ0v) is 10.3. The summed E-state index contributed by atoms with van der Waals surface area (Å²) >= 11 is 0. The number of rotatable bonds is 4. The Morgan fingerprint density at radius 2 is 2.12 bits per heavy atom. The number of aromatic nitrogens is 1. The van der Waals surface area contributed by atoms with Gasteiger partial charge in [0.25, 0.3) is 11.5 Å². The van der Waals surface area contributed by atoms with Crippen molar-refractivity contribution in [3.8, 4) is 0 Å². The zero-order chi connectivity index (χ0) is 13.0. The van der Waals surface area contributed by atoms with Crippen molar-refractivity contribution in [1.29, 1.82) is 0 Å². The lowest BCUT2D eigenvalue weighted by atomic mass is 10.1. The molecule has 5 nitrogen and oxygen atoms in total. The van der Waals surface area contributed by atoms with Gasteiger partial charge in [0, 0.05) is 19.7 Å². The molecule has 1 heterocycles. The molecule has 1 unspecified atom stereocenters. The van der Waals surface area contributed by atoms with Crippen molar-refractivity contribution in [2.24, 2.45) is 13.0 Å². The van der Waals surface area contributed by atoms with Crippen molar-refractivity contribution in [2.45, 2.75) is 20.0 Å². The molecule has 0 spiro atoms. The largest absolute Gasteiger partial charge is 0.391 e. The van der Waals surface area contributed by atoms with Gasteiger partial charge in [-0.15, -0.1) is 0 Å². The highest BCUT2D eigenvalue weighted by Gasteiger charge is 2.13. The number of carbonyl (C=O) groups excluding carboxylic acids is 1. The number of nitrogens with one attached hydrogen (secondary N) is 1. The Morgan fingerprint density at radius 3 is 2.71 bits per heavy atom. The van der Waals surface area contributed by atoms with Gasteiger partial charge < -0.3 is 15.0 Å². The fourth-order valence-corrected chi connectivity index (χ4v) is 1.32. The quantitative estimate of drug-likeness (QED) is 0.783. The zero-order valence-electron chi connectivity index (χ0n) is 10.3. The minimum Gasteiger partial charge on any atom is -0.391 e. The second kappa shape index (κ2) is 5.63. The number of carbonyl (C=O) groups is 1. The maximum Gasteiger partial charge on any atom is 0.268 e. The van der Waals surface area contributed by atoms with Crippen LogP contribution < -0.4 is 10.9 Å². The highest BCUT2D eigenvalue weighted by Crippen LogP contribution is 2.00. The number of hydrogen-bond donors (Lipinski definition) is 2. The van der Waals surface area contributed by atoms with Gasteiger partial charge in [0.15, 0.2) is 0 Å². The molecule has 1 atom stereocenters. The molecule has 0 aromatic carbocycles. The molecule has 1 amide bonds. The summed E-state index contributed by atoms with van der Waals surface area (Å²) in [5.74, 6) is -0.278. The number of hydrogen-bond acceptors (Lipinski definition) is 3. The third kappa shape index (κ3) is 3.42. The van der Waals surface area contributed by atoms with Crippen molar-refractivity contribution in [2.75, 3.05) is 6.54 Å². The van der Waals surface area contributed by atoms with E-state index >= 15 is 0 Å². The van der Waals surface area contributed by atoms with Crippen LogP contribution in [0.5, 0.6) is 0 Å². The number of pyridine rings is 1. The number of nitrogens with zero attached hydrogens (tertiary/aromatic N) is 1. The predicted octanol–water partition coefficient (Wildman–Crippen LogP) is 0.132. The molecule has 5 heteroatoms. The van der Waals surface area contributed by atoms with E-state index in [0.29, 0.717) is 0 Å². The predicted molar refractivity (Wildman–Crippen MR) is 64.9 cm³/mol. The lowest BCUT2D eigenvalue weighted by Crippen LogP contribution is -2.37. The lowest BCUT2D eigenvalue weighted by Gasteiger charge is -2.15. The van der Waals surface area contributed by atoms with E-state index in [1.807, 2.05) is 13.8 Å². The molecule has 0 fully saturated rings. The Hall–Kier alpha value is -1.62. The van der Waals surface area contributed by atoms with Crippen LogP contribution in [0.15, 0.2) is 23.0 Å². The molecule has 2 N–H and O–H groups in total. The average Bonchev–Trinajstić information content (AvgIpc) is 2.29. The second-order valence-electron chi connectivity index (χ2n) is 4.33. The summed E-state index contributed by atoms with van der Waals surface area (Å²) in [6, 6.07) is 4.49. The van der Waals surface area contributed by atoms with Crippen LogP contribution in [0.3, 0.4) is 0 Å². The Kier molecular flexibility index (Phi) is 4.45. The van der Waals surface area contributed by atoms with Gasteiger partial charge in [-0.3, -0.25) is 9.59 Å². The van der Waals surface area contributed by atoms with E-state index in [1.165, 1.54) is 23.7 Å². The number of amides is 1. The molecule has 0 bridgehead atoms. The number of aliphatic hydroxyl groups is 1. The van der Waals surface area contributed by atoms with Crippen LogP contribution in [-0.4, -0.2) is 28.2 Å². The van der Waals surface area contributed by atoms with E-state index < -0.39 is 6.10 Å². The summed E-state index contributed by atoms with van der Waals surface area (Å²) in [7, 11) is 1.54. The highest BCUT2D eigenvalue weighted by atomic mass is 16.3. The van der Waals surface area contributed by atoms with E-state index in [2.05, 4.69) is 5.32 Å². The van der Waals surface area contributed by atoms with Crippen LogP contribution in [0, 0.1) is 5.92 Å². The van der Waals surface area contributed by atoms with Gasteiger partial charge in [0.1, 0.15) is 5.69 Å². The van der Waals surface area contributed by atoms with E-state index in [9.17, 15) is 14.7 Å². The minimum absolute atomic E-state index is 0.0786. The molecule has 94 valence electrons. The van der Waals surface area contributed by atoms with Crippen molar-refractivity contribution in [3.63, 3.8) is 0 Å². The molecule has 0 aliphatic rings. The maximum absolute atomic E-state index is 11.8. The minimum atomic E-state index is -0.584. The standard InChI is InChI=1S/C12H18N2O3/c1-8(2)10(15)7-13-12(17)9-5-4-6-11(16)14(9)3/h4-6,8,10,15H,7H2,1-3H3,(H,13,17). The second-order valence-corrected chi connectivity index (χ2v) is 4.33. The third-order valence-electron chi connectivity index (χ3n) is 2.66. The van der Waals surface area contributed by atoms with Crippen LogP contribution in [0.25, 0.3) is 0 Å². The summed E-state index contributed by atoms with van der Waals surface area (Å²) in [5, 5.41) is 12.2. The fraction of sp³-hybridized carbons (Fsp3) is 0.500. The van der Waals surface area contributed by atoms with E-state index in [1.54, 1.807) is 6.07 Å². The smallest absolute Gasteiger partial charge is 0.268 e. The van der Waals surface area contributed by atoms with Crippen molar-refractivity contribution < 1.29 is 9.90 Å². The SMILES string of the molecule is CC(C)C(O)CNC(=O)c1cccc(=O)n1C. The number of aliphatic hydroxyl groups excluding tert-OH is 1. The van der Waals surface area contributed by atoms with Gasteiger partial charge >= 0.3 is 0 Å². The summed E-state index contributed by atoms with van der Waals surface area (Å²) in [5.41, 5.74) is 0.0514. The fourth-order valence-electron chi connectivity index (χ4n) is 1.32. The summed E-state index contributed by atoms with van der Waals surface area (Å²) in [4.78, 5) is 23.1. The summed E-state index contributed by atoms with van der Waals surface area (Å²) in [6.07, 6.45) is -0.584. The Labute approximate surface area is 100 Å². The summed E-state index contributed by atoms with van der Waals surface area (Å²) < 4.78 is 1.27. The van der Waals surface area contributed by atoms with Crippen molar-refractivity contribution >= 4 is 5.91 Å². The molecule has 0 aliphatic carbocycles. The third-order valence-corrected chi connectivity index (χ3v) is 2.66. The average molecular weight is 238 g/mol. The molecular weight excluding hydrogens is 220 g/mol. The molecule has 17 heavy (non-hydrogen) atoms. The maximum atomic E-state index is 11.8. The van der Waals surface area contributed by atoms with E-state index in [-0.39, 0.29) is 29.6 Å². The van der Waals surface area contributed by atoms with Gasteiger partial charge in [0.2, 0.25) is 0 Å².